The number of rotatable bonds is 21. The molecule has 0 spiro atoms. The van der Waals surface area contributed by atoms with Crippen molar-refractivity contribution < 1.29 is 55.6 Å². The van der Waals surface area contributed by atoms with E-state index in [1.54, 1.807) is 86.8 Å². The molecule has 6 aliphatic rings. The van der Waals surface area contributed by atoms with Crippen LogP contribution < -0.4 is 55.3 Å². The van der Waals surface area contributed by atoms with Crippen LogP contribution in [0.1, 0.15) is 102 Å². The first-order valence-corrected chi connectivity index (χ1v) is 41.6. The highest BCUT2D eigenvalue weighted by Gasteiger charge is 2.29. The number of morpholine rings is 1. The summed E-state index contributed by atoms with van der Waals surface area (Å²) < 4.78 is 88.1. The lowest BCUT2D eigenvalue weighted by atomic mass is 10.1. The Bertz CT molecular complexity index is 6750. The first-order valence-electron chi connectivity index (χ1n) is 41.6. The van der Waals surface area contributed by atoms with Crippen molar-refractivity contribution in [3.8, 4) is 46.5 Å². The minimum atomic E-state index is -0.483. The van der Waals surface area contributed by atoms with Crippen LogP contribution in [0, 0.1) is 49.6 Å². The summed E-state index contributed by atoms with van der Waals surface area (Å²) in [7, 11) is 1.56. The highest BCUT2D eigenvalue weighted by atomic mass is 19.1. The number of benzene rings is 8. The lowest BCUT2D eigenvalue weighted by molar-refractivity contribution is -0.129. The number of nitrogens with zero attached hydrogens (tertiary/aromatic N) is 15. The van der Waals surface area contributed by atoms with Crippen molar-refractivity contribution in [3.05, 3.63) is 318 Å². The molecule has 6 heterocycles. The number of ketones is 1. The third-order valence-corrected chi connectivity index (χ3v) is 21.8. The molecular formula is C99H84F4N20O8. The summed E-state index contributed by atoms with van der Waals surface area (Å²) in [5.41, 5.74) is 16.6. The Morgan fingerprint density at radius 1 is 0.389 bits per heavy atom. The maximum absolute atomic E-state index is 15.0. The van der Waals surface area contributed by atoms with Crippen molar-refractivity contribution in [2.75, 3.05) is 90.6 Å². The molecule has 2 saturated heterocycles. The van der Waals surface area contributed by atoms with Gasteiger partial charge >= 0.3 is 0 Å². The van der Waals surface area contributed by atoms with Crippen molar-refractivity contribution in [3.63, 3.8) is 0 Å². The number of carbonyl (C=O) groups excluding carboxylic acids is 3. The molecule has 0 bridgehead atoms. The molecule has 2 amide bonds. The molecule has 2 aliphatic heterocycles. The normalized spacial score (nSPS) is 13.4. The minimum absolute atomic E-state index is 0.00462. The Morgan fingerprint density at radius 2 is 0.679 bits per heavy atom. The molecule has 8 aromatic carbocycles. The summed E-state index contributed by atoms with van der Waals surface area (Å²) in [5, 5.41) is 14.9. The second-order valence-corrected chi connectivity index (χ2v) is 31.2. The maximum atomic E-state index is 15.0. The molecule has 131 heavy (non-hydrogen) atoms. The van der Waals surface area contributed by atoms with E-state index in [1.807, 2.05) is 130 Å². The van der Waals surface area contributed by atoms with Crippen LogP contribution in [-0.4, -0.2) is 122 Å². The van der Waals surface area contributed by atoms with E-state index in [2.05, 4.69) is 95.6 Å². The van der Waals surface area contributed by atoms with Crippen molar-refractivity contribution in [2.24, 2.45) is 0 Å². The molecule has 4 aliphatic carbocycles. The number of carbonyl (C=O) groups is 3. The standard InChI is InChI=1S/C27H25FN6O2.C25H22FN5O2.C24H19FN4O2.C23H18FN5O2/c1-17-14-19-4-9-23(24(28)22(19)15-17)36-27-25(29-3)26(30-16-31-27)32-20-5-7-21(8-6-20)34-12-10-33(11-13-34)18(2)35;1-16-13-17-3-8-21(22(26)20(17)14-16)33-25-23(27-2)24(28-15-29-25)30-18-4-6-19(7-5-18)31-9-11-32-12-10-31;1-14-10-17-6-9-20(21(25)19(17)11-14)31-24-22(26-3)23(27-13-28-24)29-18-7-4-16(5-8-18)12-15(2)30;1-13-10-15-6-9-18(19(24)17(15)11-13)31-23-20(25-2)21(27-12-28-23)29-16-7-4-14(5-8-16)22(30)26-3/h4-9,15-16H,10-14H2,1-2H3,(H,30,31,32);3-8,14-15H,9-13H2,1H3,(H,28,29,30);4-9,11,13H,10,12H2,1-2H3,(H,27,28,29);4-9,11-12H,10H2,1,3H3,(H,26,30)(H,27,28,29). The van der Waals surface area contributed by atoms with Gasteiger partial charge in [0.15, 0.2) is 46.3 Å². The number of hydrogen-bond donors (Lipinski definition) is 5. The summed E-state index contributed by atoms with van der Waals surface area (Å²) in [4.78, 5) is 87.8. The van der Waals surface area contributed by atoms with Gasteiger partial charge < -0.3 is 65.0 Å². The Balaban J connectivity index is 0.000000134. The van der Waals surface area contributed by atoms with Crippen molar-refractivity contribution >= 4 is 122 Å². The van der Waals surface area contributed by atoms with Gasteiger partial charge in [0.05, 0.1) is 39.5 Å². The number of anilines is 10. The number of fused-ring (bicyclic) bond motifs is 4. The third kappa shape index (κ3) is 20.9. The van der Waals surface area contributed by atoms with Crippen LogP contribution in [0.4, 0.5) is 97.7 Å². The highest BCUT2D eigenvalue weighted by Crippen LogP contribution is 2.46. The molecule has 5 N–H and O–H groups in total. The molecular weight excluding hydrogens is 1670 g/mol. The van der Waals surface area contributed by atoms with Gasteiger partial charge in [0.1, 0.15) is 54.4 Å². The zero-order valence-corrected chi connectivity index (χ0v) is 72.2. The largest absolute Gasteiger partial charge is 0.446 e. The van der Waals surface area contributed by atoms with E-state index in [0.717, 1.165) is 125 Å². The number of halogens is 4. The quantitative estimate of drug-likeness (QED) is 0.0330. The summed E-state index contributed by atoms with van der Waals surface area (Å²) in [6, 6.07) is 43.1. The van der Waals surface area contributed by atoms with E-state index in [1.165, 1.54) is 32.2 Å². The van der Waals surface area contributed by atoms with Gasteiger partial charge in [0.2, 0.25) is 29.4 Å². The van der Waals surface area contributed by atoms with E-state index in [9.17, 15) is 27.6 Å². The number of aromatic nitrogens is 8. The van der Waals surface area contributed by atoms with Gasteiger partial charge in [-0.2, -0.15) is 0 Å². The predicted molar refractivity (Wildman–Crippen MR) is 493 cm³/mol. The molecule has 656 valence electrons. The monoisotopic (exact) mass is 1760 g/mol. The Hall–Kier alpha value is -16.7. The van der Waals surface area contributed by atoms with Gasteiger partial charge in [-0.25, -0.2) is 76.8 Å². The van der Waals surface area contributed by atoms with E-state index in [-0.39, 0.29) is 104 Å². The maximum Gasteiger partial charge on any atom is 0.288 e. The number of allylic oxidation sites excluding steroid dienone is 4. The van der Waals surface area contributed by atoms with Crippen LogP contribution in [0.3, 0.4) is 0 Å². The van der Waals surface area contributed by atoms with Gasteiger partial charge in [0, 0.05) is 122 Å². The lowest BCUT2D eigenvalue weighted by Gasteiger charge is -2.35. The molecule has 0 atom stereocenters. The molecule has 4 aromatic heterocycles. The van der Waals surface area contributed by atoms with Gasteiger partial charge in [-0.05, 0) is 197 Å². The summed E-state index contributed by atoms with van der Waals surface area (Å²) in [6.07, 6.45) is 15.5. The summed E-state index contributed by atoms with van der Waals surface area (Å²) in [5.74, 6) is -0.898. The Kier molecular flexibility index (Phi) is 27.4. The topological polar surface area (TPSA) is 288 Å². The number of hydrogen-bond acceptors (Lipinski definition) is 22. The number of amides is 2. The molecule has 18 rings (SSSR count). The first kappa shape index (κ1) is 89.1. The van der Waals surface area contributed by atoms with Crippen LogP contribution >= 0.6 is 0 Å². The molecule has 2 fully saturated rings. The van der Waals surface area contributed by atoms with Gasteiger partial charge in [-0.15, -0.1) is 0 Å². The van der Waals surface area contributed by atoms with Gasteiger partial charge in [-0.3, -0.25) is 14.4 Å². The van der Waals surface area contributed by atoms with Crippen LogP contribution in [0.25, 0.3) is 43.7 Å². The van der Waals surface area contributed by atoms with Crippen LogP contribution in [0.5, 0.6) is 46.5 Å². The second-order valence-electron chi connectivity index (χ2n) is 31.2. The van der Waals surface area contributed by atoms with E-state index in [4.69, 9.17) is 50.0 Å². The fourth-order valence-electron chi connectivity index (χ4n) is 15.3. The van der Waals surface area contributed by atoms with Gasteiger partial charge in [0.25, 0.3) is 28.7 Å². The molecule has 0 saturated carbocycles. The van der Waals surface area contributed by atoms with Crippen molar-refractivity contribution in [1.29, 1.82) is 0 Å². The van der Waals surface area contributed by atoms with E-state index in [0.29, 0.717) is 77.4 Å². The molecule has 32 heteroatoms. The molecule has 28 nitrogen and oxygen atoms in total. The average Bonchev–Trinajstić information content (AvgIpc) is 1.68. The number of Topliss-reactive ketones (excluding diaryl/α,β-unsaturated/α-hetero) is 1. The fraction of sp³-hybridized carbons (Fsp3) is 0.202. The molecule has 12 aromatic rings. The van der Waals surface area contributed by atoms with Crippen molar-refractivity contribution in [2.45, 2.75) is 73.6 Å². The van der Waals surface area contributed by atoms with E-state index < -0.39 is 23.3 Å². The minimum Gasteiger partial charge on any atom is -0.446 e. The van der Waals surface area contributed by atoms with Crippen molar-refractivity contribution in [1.82, 2.24) is 50.1 Å². The SMILES string of the molecule is [C-]#[N+]c1c(Nc2ccc(C(=O)NC)cc2)ncnc1Oc1ccc2c(c1F)C=C(C)C2.[C-]#[N+]c1c(Nc2ccc(CC(C)=O)cc2)ncnc1Oc1ccc2c(c1F)C=C(C)C2.[C-]#[N+]c1c(Nc2ccc(N3CCN(C(C)=O)CC3)cc2)ncnc1Oc1ccc2c(c1F)C=C(C)C2.[C-]#[N+]c1c(Nc2ccc(N3CCOCC3)cc2)ncnc1Oc1ccc2c(c1F)C=C(C)C2. The number of piperazine rings is 1. The molecule has 0 radical (unpaired) electrons. The highest BCUT2D eigenvalue weighted by molar-refractivity contribution is 5.94. The zero-order chi connectivity index (χ0) is 91.9. The van der Waals surface area contributed by atoms with Crippen LogP contribution in [0.15, 0.2) is 193 Å². The Morgan fingerprint density at radius 3 is 0.962 bits per heavy atom. The molecule has 0 unspecified atom stereocenters. The second kappa shape index (κ2) is 40.3. The fourth-order valence-corrected chi connectivity index (χ4v) is 15.3. The predicted octanol–water partition coefficient (Wildman–Crippen LogP) is 21.6. The average molecular weight is 1760 g/mol. The van der Waals surface area contributed by atoms with Crippen LogP contribution in [-0.2, 0) is 46.4 Å². The third-order valence-electron chi connectivity index (χ3n) is 21.8. The number of nitrogens with one attached hydrogen (secondary N) is 5. The Labute approximate surface area is 752 Å². The first-order chi connectivity index (χ1) is 63.5. The van der Waals surface area contributed by atoms with Gasteiger partial charge in [-0.1, -0.05) is 83.0 Å². The van der Waals surface area contributed by atoms with Crippen LogP contribution in [0.2, 0.25) is 0 Å². The lowest BCUT2D eigenvalue weighted by Crippen LogP contribution is -2.48. The summed E-state index contributed by atoms with van der Waals surface area (Å²) in [6.45, 7) is 47.5. The number of ether oxygens (including phenoxy) is 5. The van der Waals surface area contributed by atoms with E-state index >= 15 is 4.39 Å². The summed E-state index contributed by atoms with van der Waals surface area (Å²) >= 11 is 0. The smallest absolute Gasteiger partial charge is 0.288 e. The zero-order valence-electron chi connectivity index (χ0n) is 72.2.